The lowest BCUT2D eigenvalue weighted by molar-refractivity contribution is -0.124. The summed E-state index contributed by atoms with van der Waals surface area (Å²) < 4.78 is 6.98. The molecule has 2 rings (SSSR count). The molecule has 20 heavy (non-hydrogen) atoms. The molecule has 112 valence electrons. The average molecular weight is 281 g/mol. The molecule has 1 aromatic rings. The Kier molecular flexibility index (Phi) is 4.77. The summed E-state index contributed by atoms with van der Waals surface area (Å²) in [5.74, 6) is -0.0291. The van der Waals surface area contributed by atoms with Gasteiger partial charge in [0.15, 0.2) is 0 Å². The summed E-state index contributed by atoms with van der Waals surface area (Å²) in [5, 5.41) is 17.0. The molecule has 6 nitrogen and oxygen atoms in total. The molecule has 1 aliphatic rings. The minimum absolute atomic E-state index is 0.0291. The van der Waals surface area contributed by atoms with E-state index in [1.807, 2.05) is 25.6 Å². The number of aryl methyl sites for hydroxylation is 2. The Morgan fingerprint density at radius 2 is 2.30 bits per heavy atom. The minimum Gasteiger partial charge on any atom is -0.389 e. The van der Waals surface area contributed by atoms with Crippen LogP contribution in [-0.4, -0.2) is 46.2 Å². The molecule has 0 saturated carbocycles. The molecule has 0 spiro atoms. The predicted octanol–water partition coefficient (Wildman–Crippen LogP) is 0.236. The largest absolute Gasteiger partial charge is 0.389 e. The van der Waals surface area contributed by atoms with Gasteiger partial charge in [-0.1, -0.05) is 0 Å². The molecular weight excluding hydrogens is 258 g/mol. The van der Waals surface area contributed by atoms with Crippen LogP contribution in [0.15, 0.2) is 0 Å². The molecule has 1 aliphatic heterocycles. The van der Waals surface area contributed by atoms with Crippen LogP contribution in [0.25, 0.3) is 0 Å². The highest BCUT2D eigenvalue weighted by Crippen LogP contribution is 2.14. The summed E-state index contributed by atoms with van der Waals surface area (Å²) in [6, 6.07) is -0.188. The third-order valence-electron chi connectivity index (χ3n) is 3.93. The molecule has 1 amide bonds. The Labute approximate surface area is 119 Å². The molecule has 6 heteroatoms. The van der Waals surface area contributed by atoms with E-state index in [2.05, 4.69) is 10.4 Å². The zero-order chi connectivity index (χ0) is 14.7. The number of nitrogens with zero attached hydrogens (tertiary/aromatic N) is 2. The van der Waals surface area contributed by atoms with Crippen LogP contribution in [-0.2, 0) is 23.0 Å². The number of aliphatic hydroxyl groups excluding tert-OH is 1. The minimum atomic E-state index is -0.602. The van der Waals surface area contributed by atoms with Crippen molar-refractivity contribution in [1.82, 2.24) is 15.1 Å². The lowest BCUT2D eigenvalue weighted by Gasteiger charge is -2.28. The number of hydrogen-bond donors (Lipinski definition) is 2. The first-order valence-electron chi connectivity index (χ1n) is 7.03. The first kappa shape index (κ1) is 15.0. The Morgan fingerprint density at radius 3 is 2.90 bits per heavy atom. The van der Waals surface area contributed by atoms with Crippen LogP contribution in [0.5, 0.6) is 0 Å². The zero-order valence-corrected chi connectivity index (χ0v) is 12.3. The van der Waals surface area contributed by atoms with Gasteiger partial charge in [-0.2, -0.15) is 5.10 Å². The quantitative estimate of drug-likeness (QED) is 0.828. The molecular formula is C14H23N3O3. The van der Waals surface area contributed by atoms with Crippen molar-refractivity contribution in [3.8, 4) is 0 Å². The van der Waals surface area contributed by atoms with Gasteiger partial charge in [-0.3, -0.25) is 9.48 Å². The van der Waals surface area contributed by atoms with Gasteiger partial charge in [-0.25, -0.2) is 0 Å². The van der Waals surface area contributed by atoms with Gasteiger partial charge in [-0.15, -0.1) is 0 Å². The van der Waals surface area contributed by atoms with Crippen molar-refractivity contribution in [3.05, 3.63) is 17.0 Å². The molecule has 0 unspecified atom stereocenters. The molecule has 0 bridgehead atoms. The molecule has 2 atom stereocenters. The zero-order valence-electron chi connectivity index (χ0n) is 12.3. The molecule has 2 N–H and O–H groups in total. The van der Waals surface area contributed by atoms with E-state index in [1.54, 1.807) is 0 Å². The van der Waals surface area contributed by atoms with Crippen molar-refractivity contribution in [2.45, 2.75) is 45.3 Å². The first-order chi connectivity index (χ1) is 9.49. The van der Waals surface area contributed by atoms with Crippen LogP contribution in [0.1, 0.15) is 29.8 Å². The Hall–Kier alpha value is -1.40. The van der Waals surface area contributed by atoms with Gasteiger partial charge in [0.1, 0.15) is 0 Å². The molecule has 1 saturated heterocycles. The number of aliphatic hydroxyl groups is 1. The van der Waals surface area contributed by atoms with Crippen LogP contribution in [0, 0.1) is 13.8 Å². The molecule has 1 fully saturated rings. The number of aromatic nitrogens is 2. The van der Waals surface area contributed by atoms with E-state index < -0.39 is 6.10 Å². The second kappa shape index (κ2) is 6.37. The number of amides is 1. The van der Waals surface area contributed by atoms with Crippen LogP contribution < -0.4 is 5.32 Å². The number of rotatable bonds is 4. The third kappa shape index (κ3) is 3.37. The molecule has 0 aromatic carbocycles. The van der Waals surface area contributed by atoms with Gasteiger partial charge in [0, 0.05) is 25.8 Å². The average Bonchev–Trinajstić information content (AvgIpc) is 2.64. The predicted molar refractivity (Wildman–Crippen MR) is 74.4 cm³/mol. The van der Waals surface area contributed by atoms with E-state index in [0.717, 1.165) is 17.0 Å². The van der Waals surface area contributed by atoms with Crippen molar-refractivity contribution in [2.24, 2.45) is 7.05 Å². The van der Waals surface area contributed by atoms with Crippen molar-refractivity contribution in [2.75, 3.05) is 13.2 Å². The fourth-order valence-corrected chi connectivity index (χ4v) is 2.59. The topological polar surface area (TPSA) is 76.4 Å². The fraction of sp³-hybridized carbons (Fsp3) is 0.714. The van der Waals surface area contributed by atoms with Crippen molar-refractivity contribution >= 4 is 5.91 Å². The normalized spacial score (nSPS) is 22.8. The van der Waals surface area contributed by atoms with Crippen LogP contribution in [0.3, 0.4) is 0 Å². The summed E-state index contributed by atoms with van der Waals surface area (Å²) in [6.07, 6.45) is 1.15. The summed E-state index contributed by atoms with van der Waals surface area (Å²) >= 11 is 0. The lowest BCUT2D eigenvalue weighted by atomic mass is 10.0. The van der Waals surface area contributed by atoms with E-state index >= 15 is 0 Å². The first-order valence-corrected chi connectivity index (χ1v) is 7.03. The Balaban J connectivity index is 1.86. The van der Waals surface area contributed by atoms with Gasteiger partial charge in [-0.05, 0) is 32.3 Å². The van der Waals surface area contributed by atoms with E-state index in [9.17, 15) is 9.90 Å². The van der Waals surface area contributed by atoms with E-state index in [1.165, 1.54) is 0 Å². The van der Waals surface area contributed by atoms with E-state index in [4.69, 9.17) is 4.74 Å². The van der Waals surface area contributed by atoms with Crippen LogP contribution in [0.4, 0.5) is 0 Å². The van der Waals surface area contributed by atoms with E-state index in [0.29, 0.717) is 32.5 Å². The van der Waals surface area contributed by atoms with E-state index in [-0.39, 0.29) is 11.9 Å². The van der Waals surface area contributed by atoms with Gasteiger partial charge in [0.2, 0.25) is 5.91 Å². The number of ether oxygens (including phenoxy) is 1. The van der Waals surface area contributed by atoms with Crippen molar-refractivity contribution in [1.29, 1.82) is 0 Å². The number of carbonyl (C=O) groups excluding carboxylic acids is 1. The lowest BCUT2D eigenvalue weighted by Crippen LogP contribution is -2.48. The second-order valence-electron chi connectivity index (χ2n) is 5.38. The summed E-state index contributed by atoms with van der Waals surface area (Å²) in [6.45, 7) is 4.85. The molecule has 0 radical (unpaired) electrons. The standard InChI is InChI=1S/C14H23N3O3/c1-9-11(10(2)17(3)16-9)4-5-14(19)15-12-6-7-20-8-13(12)18/h12-13,18H,4-8H2,1-3H3,(H,15,19)/t12-,13-/m1/s1. The molecule has 0 aliphatic carbocycles. The van der Waals surface area contributed by atoms with Crippen molar-refractivity contribution in [3.63, 3.8) is 0 Å². The maximum atomic E-state index is 12.0. The molecule has 1 aromatic heterocycles. The van der Waals surface area contributed by atoms with Gasteiger partial charge >= 0.3 is 0 Å². The second-order valence-corrected chi connectivity index (χ2v) is 5.38. The fourth-order valence-electron chi connectivity index (χ4n) is 2.59. The van der Waals surface area contributed by atoms with Crippen molar-refractivity contribution < 1.29 is 14.6 Å². The maximum absolute atomic E-state index is 12.0. The highest BCUT2D eigenvalue weighted by Gasteiger charge is 2.25. The SMILES string of the molecule is Cc1nn(C)c(C)c1CCC(=O)N[C@@H]1CCOC[C@H]1O. The molecule has 2 heterocycles. The van der Waals surface area contributed by atoms with Crippen LogP contribution in [0.2, 0.25) is 0 Å². The van der Waals surface area contributed by atoms with Gasteiger partial charge < -0.3 is 15.2 Å². The number of nitrogens with one attached hydrogen (secondary N) is 1. The highest BCUT2D eigenvalue weighted by atomic mass is 16.5. The number of carbonyl (C=O) groups is 1. The maximum Gasteiger partial charge on any atom is 0.220 e. The Bertz CT molecular complexity index is 484. The monoisotopic (exact) mass is 281 g/mol. The van der Waals surface area contributed by atoms with Gasteiger partial charge in [0.25, 0.3) is 0 Å². The van der Waals surface area contributed by atoms with Crippen LogP contribution >= 0.6 is 0 Å². The third-order valence-corrected chi connectivity index (χ3v) is 3.93. The summed E-state index contributed by atoms with van der Waals surface area (Å²) in [5.41, 5.74) is 3.21. The number of hydrogen-bond acceptors (Lipinski definition) is 4. The highest BCUT2D eigenvalue weighted by molar-refractivity contribution is 5.76. The summed E-state index contributed by atoms with van der Waals surface area (Å²) in [4.78, 5) is 12.0. The Morgan fingerprint density at radius 1 is 1.55 bits per heavy atom. The summed E-state index contributed by atoms with van der Waals surface area (Å²) in [7, 11) is 1.91. The van der Waals surface area contributed by atoms with Gasteiger partial charge in [0.05, 0.1) is 24.4 Å². The smallest absolute Gasteiger partial charge is 0.220 e.